The number of carbonyl (C=O) groups is 1. The molecule has 0 aromatic carbocycles. The Morgan fingerprint density at radius 3 is 2.55 bits per heavy atom. The number of esters is 1. The lowest BCUT2D eigenvalue weighted by Crippen LogP contribution is -2.56. The van der Waals surface area contributed by atoms with Gasteiger partial charge in [0.15, 0.2) is 0 Å². The SMILES string of the molecule is CN(CC#N)[C@H]1CC[C@@H]2[C@@H]3CC[C@H]4C[C@@H](OC(=O)CCl)CC[C@]4(C)[C@H]3CC[C@@]21C. The van der Waals surface area contributed by atoms with Gasteiger partial charge in [-0.15, -0.1) is 11.6 Å². The highest BCUT2D eigenvalue weighted by atomic mass is 35.5. The third-order valence-corrected chi connectivity index (χ3v) is 10.0. The standard InChI is InChI=1S/C24H37ClN2O2/c1-23-10-8-17(29-22(28)15-25)14-16(23)4-5-18-19-6-7-21(27(3)13-12-26)24(19,2)11-9-20(18)23/h16-21H,4-11,13-15H2,1-3H3/t16-,17-,18-,19+,20-,21-,23-,24-/m0/s1. The van der Waals surface area contributed by atoms with Crippen LogP contribution < -0.4 is 0 Å². The topological polar surface area (TPSA) is 53.3 Å². The molecular weight excluding hydrogens is 384 g/mol. The van der Waals surface area contributed by atoms with Crippen LogP contribution in [0.4, 0.5) is 0 Å². The van der Waals surface area contributed by atoms with Gasteiger partial charge in [0.1, 0.15) is 12.0 Å². The predicted molar refractivity (Wildman–Crippen MR) is 114 cm³/mol. The summed E-state index contributed by atoms with van der Waals surface area (Å²) >= 11 is 5.65. The second-order valence-electron chi connectivity index (χ2n) is 10.9. The lowest BCUT2D eigenvalue weighted by Gasteiger charge is -2.61. The van der Waals surface area contributed by atoms with Crippen molar-refractivity contribution in [2.75, 3.05) is 19.5 Å². The molecule has 0 aromatic heterocycles. The minimum Gasteiger partial charge on any atom is -0.461 e. The van der Waals surface area contributed by atoms with Gasteiger partial charge in [-0.2, -0.15) is 5.26 Å². The van der Waals surface area contributed by atoms with Crippen molar-refractivity contribution in [2.24, 2.45) is 34.5 Å². The van der Waals surface area contributed by atoms with Gasteiger partial charge in [0, 0.05) is 6.04 Å². The van der Waals surface area contributed by atoms with E-state index < -0.39 is 0 Å². The summed E-state index contributed by atoms with van der Waals surface area (Å²) in [5, 5.41) is 9.19. The highest BCUT2D eigenvalue weighted by Gasteiger charge is 2.60. The van der Waals surface area contributed by atoms with Gasteiger partial charge in [0.05, 0.1) is 12.6 Å². The van der Waals surface area contributed by atoms with E-state index in [1.54, 1.807) is 0 Å². The fourth-order valence-electron chi connectivity index (χ4n) is 8.46. The number of ether oxygens (including phenoxy) is 1. The molecule has 0 heterocycles. The zero-order chi connectivity index (χ0) is 20.8. The van der Waals surface area contributed by atoms with Crippen LogP contribution in [0.1, 0.15) is 71.6 Å². The van der Waals surface area contributed by atoms with Gasteiger partial charge in [0.2, 0.25) is 0 Å². The van der Waals surface area contributed by atoms with Gasteiger partial charge >= 0.3 is 5.97 Å². The minimum atomic E-state index is -0.263. The molecule has 4 nitrogen and oxygen atoms in total. The van der Waals surface area contributed by atoms with Gasteiger partial charge < -0.3 is 4.74 Å². The van der Waals surface area contributed by atoms with Crippen LogP contribution in [-0.4, -0.2) is 42.5 Å². The Morgan fingerprint density at radius 2 is 1.83 bits per heavy atom. The van der Waals surface area contributed by atoms with Gasteiger partial charge in [-0.3, -0.25) is 9.69 Å². The summed E-state index contributed by atoms with van der Waals surface area (Å²) in [6, 6.07) is 2.92. The van der Waals surface area contributed by atoms with E-state index in [0.29, 0.717) is 29.3 Å². The Morgan fingerprint density at radius 1 is 1.10 bits per heavy atom. The van der Waals surface area contributed by atoms with Gasteiger partial charge in [-0.1, -0.05) is 13.8 Å². The van der Waals surface area contributed by atoms with E-state index in [1.807, 2.05) is 0 Å². The number of hydrogen-bond donors (Lipinski definition) is 0. The van der Waals surface area contributed by atoms with Gasteiger partial charge in [-0.05, 0) is 99.3 Å². The molecule has 4 aliphatic rings. The molecule has 4 saturated carbocycles. The van der Waals surface area contributed by atoms with Crippen LogP contribution in [0.2, 0.25) is 0 Å². The van der Waals surface area contributed by atoms with Crippen LogP contribution in [0.25, 0.3) is 0 Å². The first-order valence-corrected chi connectivity index (χ1v) is 12.2. The van der Waals surface area contributed by atoms with Crippen molar-refractivity contribution >= 4 is 17.6 Å². The summed E-state index contributed by atoms with van der Waals surface area (Å²) in [7, 11) is 2.15. The second kappa shape index (κ2) is 8.04. The molecule has 8 atom stereocenters. The van der Waals surface area contributed by atoms with Crippen LogP contribution in [0, 0.1) is 45.8 Å². The predicted octanol–water partition coefficient (Wildman–Crippen LogP) is 5.00. The fraction of sp³-hybridized carbons (Fsp3) is 0.917. The van der Waals surface area contributed by atoms with Crippen molar-refractivity contribution in [1.29, 1.82) is 5.26 Å². The molecule has 4 fully saturated rings. The molecule has 5 heteroatoms. The van der Waals surface area contributed by atoms with Crippen LogP contribution in [0.5, 0.6) is 0 Å². The molecule has 0 spiro atoms. The van der Waals surface area contributed by atoms with Crippen molar-refractivity contribution in [3.63, 3.8) is 0 Å². The third-order valence-electron chi connectivity index (χ3n) is 9.83. The van der Waals surface area contributed by atoms with Crippen molar-refractivity contribution in [3.8, 4) is 6.07 Å². The Hall–Kier alpha value is -0.790. The first-order chi connectivity index (χ1) is 13.8. The van der Waals surface area contributed by atoms with Crippen molar-refractivity contribution in [3.05, 3.63) is 0 Å². The maximum absolute atomic E-state index is 11.7. The number of carbonyl (C=O) groups excluding carboxylic acids is 1. The molecule has 0 bridgehead atoms. The van der Waals surface area contributed by atoms with E-state index in [1.165, 1.54) is 44.9 Å². The molecule has 0 radical (unpaired) electrons. The number of alkyl halides is 1. The number of nitriles is 1. The van der Waals surface area contributed by atoms with Crippen molar-refractivity contribution < 1.29 is 9.53 Å². The number of fused-ring (bicyclic) bond motifs is 5. The lowest BCUT2D eigenvalue weighted by molar-refractivity contribution is -0.159. The maximum atomic E-state index is 11.7. The summed E-state index contributed by atoms with van der Waals surface area (Å²) in [4.78, 5) is 14.0. The first-order valence-electron chi connectivity index (χ1n) is 11.7. The van der Waals surface area contributed by atoms with Gasteiger partial charge in [-0.25, -0.2) is 0 Å². The summed E-state index contributed by atoms with van der Waals surface area (Å²) < 4.78 is 5.62. The molecule has 0 aromatic rings. The Bertz CT molecular complexity index is 678. The highest BCUT2D eigenvalue weighted by Crippen LogP contribution is 2.66. The largest absolute Gasteiger partial charge is 0.461 e. The normalized spacial score (nSPS) is 46.3. The quantitative estimate of drug-likeness (QED) is 0.364. The van der Waals surface area contributed by atoms with Crippen LogP contribution in [0.15, 0.2) is 0 Å². The minimum absolute atomic E-state index is 0.0369. The molecule has 4 aliphatic carbocycles. The maximum Gasteiger partial charge on any atom is 0.321 e. The van der Waals surface area contributed by atoms with E-state index in [4.69, 9.17) is 16.3 Å². The van der Waals surface area contributed by atoms with E-state index >= 15 is 0 Å². The number of rotatable bonds is 4. The average molecular weight is 421 g/mol. The highest BCUT2D eigenvalue weighted by molar-refractivity contribution is 6.26. The van der Waals surface area contributed by atoms with E-state index in [0.717, 1.165) is 30.6 Å². The van der Waals surface area contributed by atoms with Crippen molar-refractivity contribution in [2.45, 2.75) is 83.8 Å². The molecule has 0 unspecified atom stereocenters. The Kier molecular flexibility index (Phi) is 5.95. The fourth-order valence-corrected chi connectivity index (χ4v) is 8.52. The number of halogens is 1. The lowest BCUT2D eigenvalue weighted by atomic mass is 9.45. The van der Waals surface area contributed by atoms with Crippen LogP contribution in [-0.2, 0) is 9.53 Å². The molecule has 0 amide bonds. The Labute approximate surface area is 181 Å². The van der Waals surface area contributed by atoms with Gasteiger partial charge in [0.25, 0.3) is 0 Å². The molecule has 0 aliphatic heterocycles. The third kappa shape index (κ3) is 3.51. The molecule has 4 rings (SSSR count). The Balaban J connectivity index is 1.49. The first kappa shape index (κ1) is 21.4. The summed E-state index contributed by atoms with van der Waals surface area (Å²) in [5.74, 6) is 2.82. The van der Waals surface area contributed by atoms with E-state index in [9.17, 15) is 10.1 Å². The summed E-state index contributed by atoms with van der Waals surface area (Å²) in [6.45, 7) is 5.62. The average Bonchev–Trinajstić information content (AvgIpc) is 3.05. The zero-order valence-electron chi connectivity index (χ0n) is 18.3. The van der Waals surface area contributed by atoms with Crippen molar-refractivity contribution in [1.82, 2.24) is 4.90 Å². The molecule has 162 valence electrons. The van der Waals surface area contributed by atoms with E-state index in [-0.39, 0.29) is 18.0 Å². The molecule has 29 heavy (non-hydrogen) atoms. The monoisotopic (exact) mass is 420 g/mol. The number of nitrogens with zero attached hydrogens (tertiary/aromatic N) is 2. The number of hydrogen-bond acceptors (Lipinski definition) is 4. The smallest absolute Gasteiger partial charge is 0.321 e. The summed E-state index contributed by atoms with van der Waals surface area (Å²) in [5.41, 5.74) is 0.758. The molecular formula is C24H37ClN2O2. The van der Waals surface area contributed by atoms with Crippen LogP contribution >= 0.6 is 11.6 Å². The molecule has 0 N–H and O–H groups in total. The second-order valence-corrected chi connectivity index (χ2v) is 11.2. The van der Waals surface area contributed by atoms with E-state index in [2.05, 4.69) is 31.9 Å². The molecule has 0 saturated heterocycles. The van der Waals surface area contributed by atoms with Crippen LogP contribution in [0.3, 0.4) is 0 Å². The summed E-state index contributed by atoms with van der Waals surface area (Å²) in [6.07, 6.45) is 11.1. The zero-order valence-corrected chi connectivity index (χ0v) is 19.1.